The first kappa shape index (κ1) is 17.5. The first-order valence-electron chi connectivity index (χ1n) is 8.70. The Morgan fingerprint density at radius 2 is 1.68 bits per heavy atom. The average Bonchev–Trinajstić information content (AvgIpc) is 2.83. The van der Waals surface area contributed by atoms with Gasteiger partial charge in [-0.15, -0.1) is 0 Å². The summed E-state index contributed by atoms with van der Waals surface area (Å²) in [5.74, 6) is 1.50. The summed E-state index contributed by atoms with van der Waals surface area (Å²) >= 11 is 0. The Hall–Kier alpha value is -0.810. The Labute approximate surface area is 135 Å². The molecule has 0 aromatic carbocycles. The largest absolute Gasteiger partial charge is 0.444 e. The Kier molecular flexibility index (Phi) is 6.09. The molecule has 1 N–H and O–H groups in total. The number of piperidine rings is 1. The van der Waals surface area contributed by atoms with Crippen LogP contribution in [0.5, 0.6) is 0 Å². The molecule has 2 heterocycles. The molecule has 0 aliphatic carbocycles. The minimum absolute atomic E-state index is 0.159. The zero-order valence-corrected chi connectivity index (χ0v) is 14.7. The van der Waals surface area contributed by atoms with Crippen LogP contribution in [0.1, 0.15) is 40.0 Å². The first-order chi connectivity index (χ1) is 10.3. The van der Waals surface area contributed by atoms with Gasteiger partial charge in [-0.3, -0.25) is 0 Å². The van der Waals surface area contributed by atoms with Crippen LogP contribution in [0.2, 0.25) is 0 Å². The van der Waals surface area contributed by atoms with Crippen molar-refractivity contribution >= 4 is 6.09 Å². The number of amides is 1. The summed E-state index contributed by atoms with van der Waals surface area (Å²) in [5, 5.41) is 3.64. The molecule has 2 rings (SSSR count). The molecule has 22 heavy (non-hydrogen) atoms. The number of hydrogen-bond acceptors (Lipinski definition) is 4. The van der Waals surface area contributed by atoms with Gasteiger partial charge in [0.25, 0.3) is 0 Å². The van der Waals surface area contributed by atoms with E-state index >= 15 is 0 Å². The third-order valence-corrected chi connectivity index (χ3v) is 4.62. The molecule has 0 spiro atoms. The summed E-state index contributed by atoms with van der Waals surface area (Å²) in [6, 6.07) is 0. The van der Waals surface area contributed by atoms with E-state index in [0.717, 1.165) is 44.9 Å². The summed E-state index contributed by atoms with van der Waals surface area (Å²) in [6.07, 6.45) is 3.32. The minimum Gasteiger partial charge on any atom is -0.444 e. The van der Waals surface area contributed by atoms with Gasteiger partial charge < -0.3 is 19.9 Å². The monoisotopic (exact) mass is 311 g/mol. The number of carbonyl (C=O) groups excluding carboxylic acids is 1. The van der Waals surface area contributed by atoms with Gasteiger partial charge in [0.1, 0.15) is 5.60 Å². The van der Waals surface area contributed by atoms with E-state index in [1.54, 1.807) is 0 Å². The lowest BCUT2D eigenvalue weighted by atomic mass is 9.96. The van der Waals surface area contributed by atoms with Crippen molar-refractivity contribution in [1.29, 1.82) is 0 Å². The van der Waals surface area contributed by atoms with E-state index in [2.05, 4.69) is 17.3 Å². The molecule has 1 amide bonds. The normalized spacial score (nSPS) is 24.7. The van der Waals surface area contributed by atoms with Crippen molar-refractivity contribution in [3.8, 4) is 0 Å². The molecule has 128 valence electrons. The number of rotatable bonds is 4. The van der Waals surface area contributed by atoms with E-state index in [4.69, 9.17) is 4.74 Å². The molecule has 0 bridgehead atoms. The number of likely N-dealkylation sites (tertiary alicyclic amines) is 2. The summed E-state index contributed by atoms with van der Waals surface area (Å²) in [7, 11) is 2.20. The molecule has 0 radical (unpaired) electrons. The predicted molar refractivity (Wildman–Crippen MR) is 89.0 cm³/mol. The van der Waals surface area contributed by atoms with E-state index in [0.29, 0.717) is 5.92 Å². The van der Waals surface area contributed by atoms with Gasteiger partial charge in [-0.25, -0.2) is 4.79 Å². The molecule has 0 aromatic rings. The number of nitrogens with zero attached hydrogens (tertiary/aromatic N) is 2. The third-order valence-electron chi connectivity index (χ3n) is 4.62. The van der Waals surface area contributed by atoms with Crippen LogP contribution in [-0.4, -0.2) is 67.8 Å². The molecule has 2 aliphatic heterocycles. The van der Waals surface area contributed by atoms with E-state index in [9.17, 15) is 4.79 Å². The van der Waals surface area contributed by atoms with Crippen LogP contribution in [0.25, 0.3) is 0 Å². The average molecular weight is 311 g/mol. The van der Waals surface area contributed by atoms with Gasteiger partial charge in [0.2, 0.25) is 0 Å². The first-order valence-corrected chi connectivity index (χ1v) is 8.70. The molecule has 1 unspecified atom stereocenters. The van der Waals surface area contributed by atoms with Gasteiger partial charge in [-0.2, -0.15) is 0 Å². The van der Waals surface area contributed by atoms with Crippen molar-refractivity contribution in [2.24, 2.45) is 11.8 Å². The van der Waals surface area contributed by atoms with E-state index in [-0.39, 0.29) is 6.09 Å². The lowest BCUT2D eigenvalue weighted by molar-refractivity contribution is 0.0184. The second-order valence-electron chi connectivity index (χ2n) is 7.99. The topological polar surface area (TPSA) is 44.8 Å². The second-order valence-corrected chi connectivity index (χ2v) is 7.99. The highest BCUT2D eigenvalue weighted by Gasteiger charge is 2.27. The highest BCUT2D eigenvalue weighted by atomic mass is 16.6. The van der Waals surface area contributed by atoms with E-state index in [1.165, 1.54) is 19.5 Å². The standard InChI is InChI=1S/C17H33N3O2/c1-17(2,3)22-16(21)20-9-6-14(7-10-20)11-18-12-15-5-8-19(4)13-15/h14-15,18H,5-13H2,1-4H3. The van der Waals surface area contributed by atoms with Crippen molar-refractivity contribution in [1.82, 2.24) is 15.1 Å². The maximum Gasteiger partial charge on any atom is 0.410 e. The quantitative estimate of drug-likeness (QED) is 0.864. The number of carbonyl (C=O) groups is 1. The van der Waals surface area contributed by atoms with Crippen LogP contribution in [0, 0.1) is 11.8 Å². The summed E-state index contributed by atoms with van der Waals surface area (Å²) < 4.78 is 5.44. The number of hydrogen-bond donors (Lipinski definition) is 1. The fourth-order valence-electron chi connectivity index (χ4n) is 3.33. The highest BCUT2D eigenvalue weighted by Crippen LogP contribution is 2.19. The SMILES string of the molecule is CN1CCC(CNCC2CCN(C(=O)OC(C)(C)C)CC2)C1. The summed E-state index contributed by atoms with van der Waals surface area (Å²) in [6.45, 7) is 12.1. The van der Waals surface area contributed by atoms with Gasteiger partial charge in [-0.05, 0) is 78.6 Å². The minimum atomic E-state index is -0.399. The number of nitrogens with one attached hydrogen (secondary N) is 1. The molecule has 1 atom stereocenters. The molecular formula is C17H33N3O2. The van der Waals surface area contributed by atoms with Gasteiger partial charge in [0, 0.05) is 19.6 Å². The Morgan fingerprint density at radius 1 is 1.09 bits per heavy atom. The maximum absolute atomic E-state index is 12.0. The maximum atomic E-state index is 12.0. The molecule has 2 saturated heterocycles. The Balaban J connectivity index is 1.60. The lowest BCUT2D eigenvalue weighted by Crippen LogP contribution is -2.43. The van der Waals surface area contributed by atoms with Crippen LogP contribution in [0.4, 0.5) is 4.79 Å². The van der Waals surface area contributed by atoms with E-state index in [1.807, 2.05) is 25.7 Å². The molecule has 5 heteroatoms. The predicted octanol–water partition coefficient (Wildman–Crippen LogP) is 2.17. The van der Waals surface area contributed by atoms with Gasteiger partial charge in [0.05, 0.1) is 0 Å². The van der Waals surface area contributed by atoms with Crippen molar-refractivity contribution in [2.45, 2.75) is 45.6 Å². The van der Waals surface area contributed by atoms with Crippen LogP contribution in [0.15, 0.2) is 0 Å². The van der Waals surface area contributed by atoms with Crippen LogP contribution < -0.4 is 5.32 Å². The molecule has 2 aliphatic rings. The Morgan fingerprint density at radius 3 is 2.23 bits per heavy atom. The Bertz CT molecular complexity index is 359. The third kappa shape index (κ3) is 5.76. The van der Waals surface area contributed by atoms with Crippen LogP contribution in [0.3, 0.4) is 0 Å². The van der Waals surface area contributed by atoms with Crippen LogP contribution in [-0.2, 0) is 4.74 Å². The number of ether oxygens (including phenoxy) is 1. The van der Waals surface area contributed by atoms with Crippen LogP contribution >= 0.6 is 0 Å². The second kappa shape index (κ2) is 7.64. The highest BCUT2D eigenvalue weighted by molar-refractivity contribution is 5.68. The molecule has 5 nitrogen and oxygen atoms in total. The van der Waals surface area contributed by atoms with E-state index < -0.39 is 5.60 Å². The molecule has 0 saturated carbocycles. The van der Waals surface area contributed by atoms with Gasteiger partial charge in [-0.1, -0.05) is 0 Å². The summed E-state index contributed by atoms with van der Waals surface area (Å²) in [4.78, 5) is 16.3. The molecular weight excluding hydrogens is 278 g/mol. The van der Waals surface area contributed by atoms with Crippen molar-refractivity contribution in [3.05, 3.63) is 0 Å². The fraction of sp³-hybridized carbons (Fsp3) is 0.941. The smallest absolute Gasteiger partial charge is 0.410 e. The zero-order valence-electron chi connectivity index (χ0n) is 14.7. The fourth-order valence-corrected chi connectivity index (χ4v) is 3.33. The van der Waals surface area contributed by atoms with Gasteiger partial charge in [0.15, 0.2) is 0 Å². The van der Waals surface area contributed by atoms with Crippen molar-refractivity contribution < 1.29 is 9.53 Å². The summed E-state index contributed by atoms with van der Waals surface area (Å²) in [5.41, 5.74) is -0.399. The molecule has 0 aromatic heterocycles. The lowest BCUT2D eigenvalue weighted by Gasteiger charge is -2.33. The van der Waals surface area contributed by atoms with Crippen molar-refractivity contribution in [2.75, 3.05) is 46.3 Å². The van der Waals surface area contributed by atoms with Crippen molar-refractivity contribution in [3.63, 3.8) is 0 Å². The zero-order chi connectivity index (χ0) is 16.2. The van der Waals surface area contributed by atoms with Gasteiger partial charge >= 0.3 is 6.09 Å². The molecule has 2 fully saturated rings.